The largest absolute Gasteiger partial charge is 0.490 e. The molecule has 2 amide bonds. The highest BCUT2D eigenvalue weighted by Gasteiger charge is 2.42. The van der Waals surface area contributed by atoms with E-state index in [4.69, 9.17) is 4.74 Å². The van der Waals surface area contributed by atoms with Crippen LogP contribution in [0.5, 0.6) is 5.75 Å². The lowest BCUT2D eigenvalue weighted by Gasteiger charge is -2.42. The van der Waals surface area contributed by atoms with Crippen molar-refractivity contribution in [3.63, 3.8) is 0 Å². The third kappa shape index (κ3) is 6.23. The summed E-state index contributed by atoms with van der Waals surface area (Å²) in [5.41, 5.74) is 1.19. The third-order valence-electron chi connectivity index (χ3n) is 8.14. The van der Waals surface area contributed by atoms with Crippen molar-refractivity contribution < 1.29 is 32.6 Å². The van der Waals surface area contributed by atoms with Gasteiger partial charge in [-0.1, -0.05) is 11.8 Å². The van der Waals surface area contributed by atoms with E-state index in [1.54, 1.807) is 0 Å². The molecule has 2 N–H and O–H groups in total. The Morgan fingerprint density at radius 2 is 1.74 bits per heavy atom. The van der Waals surface area contributed by atoms with E-state index >= 15 is 0 Å². The van der Waals surface area contributed by atoms with Crippen LogP contribution < -0.4 is 19.9 Å². The van der Waals surface area contributed by atoms with Crippen molar-refractivity contribution in [2.45, 2.75) is 87.1 Å². The van der Waals surface area contributed by atoms with Gasteiger partial charge >= 0.3 is 12.3 Å². The molecule has 3 heterocycles. The zero-order chi connectivity index (χ0) is 30.2. The van der Waals surface area contributed by atoms with Gasteiger partial charge in [-0.2, -0.15) is 13.2 Å². The van der Waals surface area contributed by atoms with Crippen LogP contribution in [0, 0.1) is 0 Å². The molecule has 0 radical (unpaired) electrons. The fraction of sp³-hybridized carbons (Fsp3) is 0.533. The van der Waals surface area contributed by atoms with E-state index in [0.29, 0.717) is 51.1 Å². The second-order valence-electron chi connectivity index (χ2n) is 12.0. The molecule has 2 atom stereocenters. The second kappa shape index (κ2) is 11.8. The van der Waals surface area contributed by atoms with Crippen molar-refractivity contribution in [1.82, 2.24) is 10.2 Å². The summed E-state index contributed by atoms with van der Waals surface area (Å²) in [5, 5.41) is 13.0. The fourth-order valence-electron chi connectivity index (χ4n) is 6.19. The molecule has 0 aromatic heterocycles. The molecule has 2 aromatic rings. The van der Waals surface area contributed by atoms with Crippen LogP contribution in [0.1, 0.15) is 70.0 Å². The summed E-state index contributed by atoms with van der Waals surface area (Å²) >= 11 is 1.51. The molecular weight excluding hydrogens is 569 g/mol. The quantitative estimate of drug-likeness (QED) is 0.354. The standard InChI is InChI=1S/C30H37F3N4O4S/c1-29(2,3)37-26-23(24-6-4-5-13-36(24)28(39)40)16-22(17-25(26)42-27(37)34-18-38)41-21-11-14-35(15-12-21)20-9-7-19(8-10-20)30(31,32)33/h7-10,16-18,21,24,27H,4-6,11-15H2,1-3H3,(H,34,38)(H,39,40). The summed E-state index contributed by atoms with van der Waals surface area (Å²) in [4.78, 5) is 30.4. The van der Waals surface area contributed by atoms with E-state index in [1.165, 1.54) is 28.8 Å². The maximum Gasteiger partial charge on any atom is 0.416 e. The van der Waals surface area contributed by atoms with E-state index in [1.807, 2.05) is 12.1 Å². The Bertz CT molecular complexity index is 1290. The number of ether oxygens (including phenoxy) is 1. The number of carbonyl (C=O) groups is 2. The van der Waals surface area contributed by atoms with Crippen molar-refractivity contribution in [2.24, 2.45) is 0 Å². The van der Waals surface area contributed by atoms with Gasteiger partial charge in [-0.25, -0.2) is 4.79 Å². The van der Waals surface area contributed by atoms with E-state index in [9.17, 15) is 27.9 Å². The van der Waals surface area contributed by atoms with Crippen molar-refractivity contribution in [2.75, 3.05) is 29.4 Å². The number of rotatable bonds is 6. The number of thioether (sulfide) groups is 1. The predicted molar refractivity (Wildman–Crippen MR) is 156 cm³/mol. The average Bonchev–Trinajstić information content (AvgIpc) is 3.31. The van der Waals surface area contributed by atoms with E-state index in [2.05, 4.69) is 35.9 Å². The first-order valence-electron chi connectivity index (χ1n) is 14.3. The Hall–Kier alpha value is -3.28. The van der Waals surface area contributed by atoms with Crippen LogP contribution in [-0.4, -0.2) is 59.3 Å². The van der Waals surface area contributed by atoms with Gasteiger partial charge in [0.1, 0.15) is 11.9 Å². The van der Waals surface area contributed by atoms with Gasteiger partial charge in [-0.05, 0) is 76.4 Å². The smallest absolute Gasteiger partial charge is 0.416 e. The lowest BCUT2D eigenvalue weighted by atomic mass is 9.92. The van der Waals surface area contributed by atoms with Gasteiger partial charge in [0, 0.05) is 54.2 Å². The number of nitrogens with zero attached hydrogens (tertiary/aromatic N) is 3. The Balaban J connectivity index is 1.40. The minimum Gasteiger partial charge on any atom is -0.490 e. The molecule has 12 heteroatoms. The van der Waals surface area contributed by atoms with Gasteiger partial charge in [-0.3, -0.25) is 4.79 Å². The summed E-state index contributed by atoms with van der Waals surface area (Å²) in [7, 11) is 0. The summed E-state index contributed by atoms with van der Waals surface area (Å²) in [6.45, 7) is 7.94. The zero-order valence-electron chi connectivity index (χ0n) is 24.0. The number of hydrogen-bond donors (Lipinski definition) is 2. The first kappa shape index (κ1) is 30.2. The highest BCUT2D eigenvalue weighted by molar-refractivity contribution is 8.00. The molecule has 2 aromatic carbocycles. The molecule has 0 bridgehead atoms. The number of carboxylic acid groups (broad SMARTS) is 1. The molecule has 0 aliphatic carbocycles. The predicted octanol–water partition coefficient (Wildman–Crippen LogP) is 6.70. The van der Waals surface area contributed by atoms with Crippen LogP contribution in [0.2, 0.25) is 0 Å². The van der Waals surface area contributed by atoms with Gasteiger partial charge in [0.15, 0.2) is 5.50 Å². The lowest BCUT2D eigenvalue weighted by molar-refractivity contribution is -0.137. The molecular formula is C30H37F3N4O4S. The number of fused-ring (bicyclic) bond motifs is 1. The number of anilines is 2. The molecule has 228 valence electrons. The normalized spacial score (nSPS) is 21.7. The van der Waals surface area contributed by atoms with Gasteiger partial charge in [0.05, 0.1) is 17.3 Å². The van der Waals surface area contributed by atoms with Crippen molar-refractivity contribution in [1.29, 1.82) is 0 Å². The summed E-state index contributed by atoms with van der Waals surface area (Å²) in [6, 6.07) is 8.85. The van der Waals surface area contributed by atoms with Gasteiger partial charge in [0.25, 0.3) is 0 Å². The van der Waals surface area contributed by atoms with Crippen molar-refractivity contribution in [3.05, 3.63) is 47.5 Å². The number of nitrogens with one attached hydrogen (secondary N) is 1. The van der Waals surface area contributed by atoms with Gasteiger partial charge in [-0.15, -0.1) is 0 Å². The van der Waals surface area contributed by atoms with Crippen LogP contribution in [0.25, 0.3) is 0 Å². The number of likely N-dealkylation sites (tertiary alicyclic amines) is 1. The number of amides is 2. The minimum atomic E-state index is -4.36. The molecule has 5 rings (SSSR count). The SMILES string of the molecule is CC(C)(C)N1c2c(cc(OC3CCN(c4ccc(C(F)(F)F)cc4)CC3)cc2C2CCCCN2C(=O)O)SC1NC=O. The Morgan fingerprint density at radius 1 is 1.05 bits per heavy atom. The Morgan fingerprint density at radius 3 is 2.33 bits per heavy atom. The van der Waals surface area contributed by atoms with Crippen LogP contribution in [0.15, 0.2) is 41.3 Å². The molecule has 3 aliphatic rings. The average molecular weight is 607 g/mol. The first-order valence-corrected chi connectivity index (χ1v) is 15.2. The second-order valence-corrected chi connectivity index (χ2v) is 13.1. The number of hydrogen-bond acceptors (Lipinski definition) is 6. The van der Waals surface area contributed by atoms with Crippen LogP contribution in [0.3, 0.4) is 0 Å². The maximum absolute atomic E-state index is 13.0. The first-order chi connectivity index (χ1) is 19.9. The minimum absolute atomic E-state index is 0.0995. The van der Waals surface area contributed by atoms with E-state index in [-0.39, 0.29) is 23.2 Å². The number of halogens is 3. The molecule has 0 saturated carbocycles. The zero-order valence-corrected chi connectivity index (χ0v) is 24.8. The van der Waals surface area contributed by atoms with Crippen molar-refractivity contribution >= 4 is 35.6 Å². The number of alkyl halides is 3. The Labute approximate surface area is 248 Å². The fourth-order valence-corrected chi connectivity index (χ4v) is 7.59. The molecule has 2 unspecified atom stereocenters. The number of carbonyl (C=O) groups excluding carboxylic acids is 1. The molecule has 8 nitrogen and oxygen atoms in total. The van der Waals surface area contributed by atoms with E-state index < -0.39 is 17.8 Å². The molecule has 2 saturated heterocycles. The Kier molecular flexibility index (Phi) is 8.46. The van der Waals surface area contributed by atoms with Crippen LogP contribution >= 0.6 is 11.8 Å². The summed E-state index contributed by atoms with van der Waals surface area (Å²) in [5.74, 6) is 0.653. The van der Waals surface area contributed by atoms with Gasteiger partial charge < -0.3 is 29.9 Å². The molecule has 0 spiro atoms. The summed E-state index contributed by atoms with van der Waals surface area (Å²) in [6.07, 6.45) is -0.928. The monoisotopic (exact) mass is 606 g/mol. The van der Waals surface area contributed by atoms with Crippen molar-refractivity contribution in [3.8, 4) is 5.75 Å². The maximum atomic E-state index is 13.0. The van der Waals surface area contributed by atoms with Gasteiger partial charge in [0.2, 0.25) is 6.41 Å². The lowest BCUT2D eigenvalue weighted by Crippen LogP contribution is -2.51. The number of piperidine rings is 2. The number of benzene rings is 2. The molecule has 42 heavy (non-hydrogen) atoms. The van der Waals surface area contributed by atoms with Crippen LogP contribution in [-0.2, 0) is 11.0 Å². The highest BCUT2D eigenvalue weighted by Crippen LogP contribution is 2.52. The molecule has 3 aliphatic heterocycles. The van der Waals surface area contributed by atoms with Crippen LogP contribution in [0.4, 0.5) is 29.3 Å². The third-order valence-corrected chi connectivity index (χ3v) is 9.27. The highest BCUT2D eigenvalue weighted by atomic mass is 32.2. The molecule has 2 fully saturated rings. The summed E-state index contributed by atoms with van der Waals surface area (Å²) < 4.78 is 45.4. The van der Waals surface area contributed by atoms with E-state index in [0.717, 1.165) is 46.8 Å². The topological polar surface area (TPSA) is 85.3 Å².